The largest absolute Gasteiger partial charge is 0.433 e. The SMILES string of the molecule is CC(C)n1nc(-c2cccc(C(F)(F)F)n2)nc1C1CCC(CN2CCOCC2)CC1. The third-order valence-corrected chi connectivity index (χ3v) is 6.25. The second-order valence-electron chi connectivity index (χ2n) is 8.87. The van der Waals surface area contributed by atoms with Gasteiger partial charge < -0.3 is 4.74 Å². The Bertz CT molecular complexity index is 868. The molecular weight excluding hydrogens is 407 g/mol. The van der Waals surface area contributed by atoms with Gasteiger partial charge in [-0.25, -0.2) is 14.6 Å². The first-order valence-corrected chi connectivity index (χ1v) is 11.1. The molecule has 0 N–H and O–H groups in total. The molecule has 0 bridgehead atoms. The number of hydrogen-bond acceptors (Lipinski definition) is 5. The fourth-order valence-electron chi connectivity index (χ4n) is 4.57. The summed E-state index contributed by atoms with van der Waals surface area (Å²) in [5.41, 5.74) is -0.757. The predicted octanol–water partition coefficient (Wildman–Crippen LogP) is 4.55. The Morgan fingerprint density at radius 2 is 1.77 bits per heavy atom. The van der Waals surface area contributed by atoms with Crippen molar-refractivity contribution in [3.05, 3.63) is 29.7 Å². The second-order valence-corrected chi connectivity index (χ2v) is 8.87. The van der Waals surface area contributed by atoms with E-state index in [2.05, 4.69) is 20.0 Å². The number of nitrogens with zero attached hydrogens (tertiary/aromatic N) is 5. The van der Waals surface area contributed by atoms with Crippen molar-refractivity contribution in [2.24, 2.45) is 5.92 Å². The molecule has 1 saturated carbocycles. The molecule has 2 aromatic rings. The normalized spacial score (nSPS) is 23.4. The highest BCUT2D eigenvalue weighted by Gasteiger charge is 2.33. The molecule has 31 heavy (non-hydrogen) atoms. The molecule has 1 aliphatic heterocycles. The molecule has 1 aliphatic carbocycles. The lowest BCUT2D eigenvalue weighted by Crippen LogP contribution is -2.40. The monoisotopic (exact) mass is 437 g/mol. The van der Waals surface area contributed by atoms with E-state index in [1.165, 1.54) is 12.1 Å². The Hall–Kier alpha value is -2.00. The van der Waals surface area contributed by atoms with Gasteiger partial charge in [-0.05, 0) is 57.6 Å². The van der Waals surface area contributed by atoms with E-state index in [-0.39, 0.29) is 23.5 Å². The number of hydrogen-bond donors (Lipinski definition) is 0. The molecular formula is C22H30F3N5O. The van der Waals surface area contributed by atoms with E-state index in [0.717, 1.165) is 70.4 Å². The molecule has 0 amide bonds. The number of ether oxygens (including phenoxy) is 1. The van der Waals surface area contributed by atoms with Crippen LogP contribution in [0, 0.1) is 5.92 Å². The van der Waals surface area contributed by atoms with E-state index in [1.807, 2.05) is 18.5 Å². The van der Waals surface area contributed by atoms with Crippen molar-refractivity contribution < 1.29 is 17.9 Å². The van der Waals surface area contributed by atoms with Gasteiger partial charge in [-0.1, -0.05) is 6.07 Å². The molecule has 170 valence electrons. The van der Waals surface area contributed by atoms with Crippen molar-refractivity contribution in [3.8, 4) is 11.5 Å². The molecule has 3 heterocycles. The lowest BCUT2D eigenvalue weighted by Gasteiger charge is -2.34. The van der Waals surface area contributed by atoms with Gasteiger partial charge in [0, 0.05) is 31.6 Å². The Kier molecular flexibility index (Phi) is 6.62. The van der Waals surface area contributed by atoms with Gasteiger partial charge in [-0.2, -0.15) is 13.2 Å². The molecule has 2 fully saturated rings. The zero-order chi connectivity index (χ0) is 22.0. The molecule has 0 unspecified atom stereocenters. The van der Waals surface area contributed by atoms with E-state index in [0.29, 0.717) is 5.92 Å². The van der Waals surface area contributed by atoms with E-state index in [9.17, 15) is 13.2 Å². The van der Waals surface area contributed by atoms with Crippen molar-refractivity contribution >= 4 is 0 Å². The Balaban J connectivity index is 1.48. The quantitative estimate of drug-likeness (QED) is 0.687. The van der Waals surface area contributed by atoms with Gasteiger partial charge in [-0.15, -0.1) is 5.10 Å². The van der Waals surface area contributed by atoms with Crippen LogP contribution >= 0.6 is 0 Å². The van der Waals surface area contributed by atoms with E-state index < -0.39 is 11.9 Å². The topological polar surface area (TPSA) is 56.1 Å². The number of morpholine rings is 1. The first kappa shape index (κ1) is 22.2. The van der Waals surface area contributed by atoms with Crippen LogP contribution in [-0.4, -0.2) is 57.5 Å². The van der Waals surface area contributed by atoms with Crippen molar-refractivity contribution in [1.29, 1.82) is 0 Å². The number of aromatic nitrogens is 4. The fourth-order valence-corrected chi connectivity index (χ4v) is 4.57. The van der Waals surface area contributed by atoms with Gasteiger partial charge in [-0.3, -0.25) is 4.90 Å². The van der Waals surface area contributed by atoms with Crippen molar-refractivity contribution in [2.75, 3.05) is 32.8 Å². The molecule has 0 spiro atoms. The van der Waals surface area contributed by atoms with Gasteiger partial charge in [0.2, 0.25) is 0 Å². The lowest BCUT2D eigenvalue weighted by molar-refractivity contribution is -0.141. The Morgan fingerprint density at radius 1 is 1.06 bits per heavy atom. The van der Waals surface area contributed by atoms with Crippen LogP contribution in [-0.2, 0) is 10.9 Å². The van der Waals surface area contributed by atoms with Gasteiger partial charge >= 0.3 is 6.18 Å². The first-order chi connectivity index (χ1) is 14.8. The molecule has 2 aliphatic rings. The summed E-state index contributed by atoms with van der Waals surface area (Å²) in [6.07, 6.45) is -0.182. The molecule has 0 atom stereocenters. The van der Waals surface area contributed by atoms with Crippen LogP contribution < -0.4 is 0 Å². The molecule has 4 rings (SSSR count). The highest BCUT2D eigenvalue weighted by molar-refractivity contribution is 5.49. The van der Waals surface area contributed by atoms with Gasteiger partial charge in [0.15, 0.2) is 5.82 Å². The summed E-state index contributed by atoms with van der Waals surface area (Å²) in [5, 5.41) is 4.54. The highest BCUT2D eigenvalue weighted by atomic mass is 19.4. The average Bonchev–Trinajstić information content (AvgIpc) is 3.20. The molecule has 0 aromatic carbocycles. The van der Waals surface area contributed by atoms with E-state index >= 15 is 0 Å². The Labute approximate surface area is 180 Å². The summed E-state index contributed by atoms with van der Waals surface area (Å²) in [7, 11) is 0. The van der Waals surface area contributed by atoms with Crippen LogP contribution in [0.3, 0.4) is 0 Å². The molecule has 2 aromatic heterocycles. The van der Waals surface area contributed by atoms with Crippen LogP contribution in [0.1, 0.15) is 63.0 Å². The number of rotatable bonds is 5. The molecule has 9 heteroatoms. The first-order valence-electron chi connectivity index (χ1n) is 11.1. The van der Waals surface area contributed by atoms with Crippen LogP contribution in [0.15, 0.2) is 18.2 Å². The number of alkyl halides is 3. The van der Waals surface area contributed by atoms with Crippen molar-refractivity contribution in [1.82, 2.24) is 24.6 Å². The zero-order valence-electron chi connectivity index (χ0n) is 18.1. The minimum absolute atomic E-state index is 0.0770. The van der Waals surface area contributed by atoms with Crippen molar-refractivity contribution in [3.63, 3.8) is 0 Å². The van der Waals surface area contributed by atoms with Crippen LogP contribution in [0.4, 0.5) is 13.2 Å². The zero-order valence-corrected chi connectivity index (χ0v) is 18.1. The summed E-state index contributed by atoms with van der Waals surface area (Å²) in [5.74, 6) is 2.09. The fraction of sp³-hybridized carbons (Fsp3) is 0.682. The minimum atomic E-state index is -4.49. The molecule has 1 saturated heterocycles. The molecule has 0 radical (unpaired) electrons. The van der Waals surface area contributed by atoms with Gasteiger partial charge in [0.25, 0.3) is 0 Å². The van der Waals surface area contributed by atoms with Gasteiger partial charge in [0.1, 0.15) is 17.2 Å². The third-order valence-electron chi connectivity index (χ3n) is 6.25. The predicted molar refractivity (Wildman–Crippen MR) is 111 cm³/mol. The molecule has 6 nitrogen and oxygen atoms in total. The van der Waals surface area contributed by atoms with Crippen LogP contribution in [0.5, 0.6) is 0 Å². The summed E-state index contributed by atoms with van der Waals surface area (Å²) in [4.78, 5) is 10.9. The maximum absolute atomic E-state index is 13.1. The minimum Gasteiger partial charge on any atom is -0.379 e. The summed E-state index contributed by atoms with van der Waals surface area (Å²) < 4.78 is 46.5. The van der Waals surface area contributed by atoms with E-state index in [4.69, 9.17) is 4.74 Å². The maximum atomic E-state index is 13.1. The average molecular weight is 438 g/mol. The maximum Gasteiger partial charge on any atom is 0.433 e. The Morgan fingerprint density at radius 3 is 2.42 bits per heavy atom. The van der Waals surface area contributed by atoms with Crippen LogP contribution in [0.25, 0.3) is 11.5 Å². The summed E-state index contributed by atoms with van der Waals surface area (Å²) in [6, 6.07) is 3.95. The highest BCUT2D eigenvalue weighted by Crippen LogP contribution is 2.37. The standard InChI is InChI=1S/C22H30F3N5O/c1-15(2)30-21(17-8-6-16(7-9-17)14-29-10-12-31-13-11-29)27-20(28-30)18-4-3-5-19(26-18)22(23,24)25/h3-5,15-17H,6-14H2,1-2H3. The van der Waals surface area contributed by atoms with Gasteiger partial charge in [0.05, 0.1) is 13.2 Å². The van der Waals surface area contributed by atoms with Crippen LogP contribution in [0.2, 0.25) is 0 Å². The second kappa shape index (κ2) is 9.24. The van der Waals surface area contributed by atoms with E-state index in [1.54, 1.807) is 0 Å². The van der Waals surface area contributed by atoms with Crippen molar-refractivity contribution in [2.45, 2.75) is 57.7 Å². The smallest absolute Gasteiger partial charge is 0.379 e. The summed E-state index contributed by atoms with van der Waals surface area (Å²) >= 11 is 0. The summed E-state index contributed by atoms with van der Waals surface area (Å²) in [6.45, 7) is 8.81. The number of halogens is 3. The lowest BCUT2D eigenvalue weighted by atomic mass is 9.81. The number of pyridine rings is 1. The third kappa shape index (κ3) is 5.26.